The Labute approximate surface area is 165 Å². The fraction of sp³-hybridized carbons (Fsp3) is 0.143. The third kappa shape index (κ3) is 2.66. The van der Waals surface area contributed by atoms with E-state index in [0.717, 1.165) is 27.5 Å². The summed E-state index contributed by atoms with van der Waals surface area (Å²) < 4.78 is 1.74. The van der Waals surface area contributed by atoms with Crippen molar-refractivity contribution in [1.82, 2.24) is 24.6 Å². The fourth-order valence-electron chi connectivity index (χ4n) is 3.42. The zero-order chi connectivity index (χ0) is 19.3. The average molecular weight is 387 g/mol. The van der Waals surface area contributed by atoms with E-state index in [0.29, 0.717) is 16.5 Å². The summed E-state index contributed by atoms with van der Waals surface area (Å²) in [6.07, 6.45) is 1.78. The molecule has 0 aliphatic carbocycles. The number of fused-ring (bicyclic) bond motifs is 4. The quantitative estimate of drug-likeness (QED) is 0.280. The number of nitrogens with zero attached hydrogens (tertiary/aromatic N) is 4. The van der Waals surface area contributed by atoms with E-state index in [1.54, 1.807) is 10.7 Å². The number of thioether (sulfide) groups is 1. The first kappa shape index (κ1) is 16.9. The molecular formula is C21H17N5OS. The molecule has 3 aromatic heterocycles. The molecule has 138 valence electrons. The van der Waals surface area contributed by atoms with Gasteiger partial charge in [0.15, 0.2) is 16.6 Å². The van der Waals surface area contributed by atoms with Crippen LogP contribution in [0.5, 0.6) is 0 Å². The van der Waals surface area contributed by atoms with E-state index < -0.39 is 0 Å². The van der Waals surface area contributed by atoms with Gasteiger partial charge in [-0.3, -0.25) is 4.79 Å². The molecule has 0 spiro atoms. The Morgan fingerprint density at radius 3 is 2.68 bits per heavy atom. The number of Topliss-reactive ketones (excluding diaryl/α,β-unsaturated/α-hetero) is 1. The van der Waals surface area contributed by atoms with Crippen LogP contribution >= 0.6 is 11.8 Å². The molecule has 0 amide bonds. The number of hydrogen-bond donors (Lipinski definition) is 1. The summed E-state index contributed by atoms with van der Waals surface area (Å²) in [5.74, 6) is 0.734. The molecule has 0 bridgehead atoms. The van der Waals surface area contributed by atoms with Crippen molar-refractivity contribution >= 4 is 45.0 Å². The largest absolute Gasteiger partial charge is 0.360 e. The van der Waals surface area contributed by atoms with E-state index >= 15 is 0 Å². The van der Waals surface area contributed by atoms with E-state index in [-0.39, 0.29) is 11.0 Å². The molecule has 3 heterocycles. The van der Waals surface area contributed by atoms with Crippen molar-refractivity contribution in [2.75, 3.05) is 0 Å². The van der Waals surface area contributed by atoms with Crippen molar-refractivity contribution < 1.29 is 4.79 Å². The number of benzene rings is 2. The van der Waals surface area contributed by atoms with Crippen LogP contribution in [0.3, 0.4) is 0 Å². The van der Waals surface area contributed by atoms with E-state index in [4.69, 9.17) is 4.98 Å². The molecule has 0 aliphatic rings. The zero-order valence-electron chi connectivity index (χ0n) is 15.4. The molecular weight excluding hydrogens is 370 g/mol. The van der Waals surface area contributed by atoms with Crippen LogP contribution in [0.15, 0.2) is 59.9 Å². The smallest absolute Gasteiger partial charge is 0.192 e. The maximum atomic E-state index is 13.1. The Morgan fingerprint density at radius 2 is 1.82 bits per heavy atom. The molecule has 1 N–H and O–H groups in total. The molecule has 0 radical (unpaired) electrons. The number of aromatic amines is 1. The first-order chi connectivity index (χ1) is 13.6. The minimum Gasteiger partial charge on any atom is -0.360 e. The Balaban J connectivity index is 1.56. The lowest BCUT2D eigenvalue weighted by Gasteiger charge is -2.11. The number of ketones is 1. The van der Waals surface area contributed by atoms with Crippen molar-refractivity contribution in [2.24, 2.45) is 0 Å². The third-order valence-corrected chi connectivity index (χ3v) is 5.80. The Bertz CT molecular complexity index is 1350. The topological polar surface area (TPSA) is 75.9 Å². The predicted octanol–water partition coefficient (Wildman–Crippen LogP) is 4.43. The number of aryl methyl sites for hydroxylation is 1. The molecule has 0 aliphatic heterocycles. The van der Waals surface area contributed by atoms with Gasteiger partial charge >= 0.3 is 0 Å². The lowest BCUT2D eigenvalue weighted by atomic mass is 10.1. The lowest BCUT2D eigenvalue weighted by molar-refractivity contribution is 0.0995. The van der Waals surface area contributed by atoms with Gasteiger partial charge in [-0.15, -0.1) is 5.10 Å². The van der Waals surface area contributed by atoms with Gasteiger partial charge in [0.2, 0.25) is 0 Å². The van der Waals surface area contributed by atoms with Crippen LogP contribution in [-0.2, 0) is 0 Å². The second kappa shape index (κ2) is 6.45. The van der Waals surface area contributed by atoms with Gasteiger partial charge < -0.3 is 4.98 Å². The highest BCUT2D eigenvalue weighted by Gasteiger charge is 2.22. The number of aromatic nitrogens is 5. The zero-order valence-corrected chi connectivity index (χ0v) is 16.2. The molecule has 7 heteroatoms. The van der Waals surface area contributed by atoms with Gasteiger partial charge in [0.05, 0.1) is 10.8 Å². The van der Waals surface area contributed by atoms with Gasteiger partial charge in [-0.25, -0.2) is 9.97 Å². The SMILES string of the molecule is Cc1nc2c3ccccc3nc(S[C@H](C)C(=O)c3c[nH]c4ccccc34)n2n1. The molecule has 28 heavy (non-hydrogen) atoms. The third-order valence-electron chi connectivity index (χ3n) is 4.76. The Hall–Kier alpha value is -3.19. The van der Waals surface area contributed by atoms with E-state index in [2.05, 4.69) is 15.1 Å². The second-order valence-electron chi connectivity index (χ2n) is 6.68. The molecule has 2 aromatic carbocycles. The first-order valence-electron chi connectivity index (χ1n) is 9.01. The monoisotopic (exact) mass is 387 g/mol. The van der Waals surface area contributed by atoms with Crippen molar-refractivity contribution in [3.63, 3.8) is 0 Å². The lowest BCUT2D eigenvalue weighted by Crippen LogP contribution is -2.14. The highest BCUT2D eigenvalue weighted by Crippen LogP contribution is 2.29. The minimum absolute atomic E-state index is 0.0578. The maximum absolute atomic E-state index is 13.1. The van der Waals surface area contributed by atoms with E-state index in [1.807, 2.05) is 62.4 Å². The number of carbonyl (C=O) groups excluding carboxylic acids is 1. The van der Waals surface area contributed by atoms with Crippen molar-refractivity contribution in [3.05, 3.63) is 66.1 Å². The van der Waals surface area contributed by atoms with Crippen LogP contribution in [0.25, 0.3) is 27.5 Å². The molecule has 5 aromatic rings. The first-order valence-corrected chi connectivity index (χ1v) is 9.89. The second-order valence-corrected chi connectivity index (χ2v) is 7.99. The normalized spacial score (nSPS) is 12.8. The van der Waals surface area contributed by atoms with Crippen LogP contribution < -0.4 is 0 Å². The van der Waals surface area contributed by atoms with E-state index in [9.17, 15) is 4.79 Å². The van der Waals surface area contributed by atoms with Gasteiger partial charge in [-0.1, -0.05) is 42.1 Å². The van der Waals surface area contributed by atoms with E-state index in [1.165, 1.54) is 11.8 Å². The summed E-state index contributed by atoms with van der Waals surface area (Å²) >= 11 is 1.40. The van der Waals surface area contributed by atoms with Gasteiger partial charge in [-0.05, 0) is 32.0 Å². The van der Waals surface area contributed by atoms with Crippen LogP contribution in [0, 0.1) is 6.92 Å². The number of hydrogen-bond acceptors (Lipinski definition) is 5. The van der Waals surface area contributed by atoms with Gasteiger partial charge in [0, 0.05) is 28.0 Å². The number of rotatable bonds is 4. The summed E-state index contributed by atoms with van der Waals surface area (Å²) in [5.41, 5.74) is 3.26. The molecule has 5 rings (SSSR count). The predicted molar refractivity (Wildman–Crippen MR) is 111 cm³/mol. The Kier molecular flexibility index (Phi) is 3.91. The number of H-pyrrole nitrogens is 1. The van der Waals surface area contributed by atoms with Crippen LogP contribution in [-0.4, -0.2) is 35.6 Å². The average Bonchev–Trinajstić information content (AvgIpc) is 3.31. The van der Waals surface area contributed by atoms with Crippen molar-refractivity contribution in [3.8, 4) is 0 Å². The molecule has 6 nitrogen and oxygen atoms in total. The number of carbonyl (C=O) groups is 1. The number of para-hydroxylation sites is 2. The molecule has 1 atom stereocenters. The Morgan fingerprint density at radius 1 is 1.07 bits per heavy atom. The van der Waals surface area contributed by atoms with Gasteiger partial charge in [0.25, 0.3) is 0 Å². The van der Waals surface area contributed by atoms with Crippen LogP contribution in [0.2, 0.25) is 0 Å². The maximum Gasteiger partial charge on any atom is 0.192 e. The van der Waals surface area contributed by atoms with Crippen molar-refractivity contribution in [1.29, 1.82) is 0 Å². The summed E-state index contributed by atoms with van der Waals surface area (Å²) in [7, 11) is 0. The van der Waals surface area contributed by atoms with Crippen molar-refractivity contribution in [2.45, 2.75) is 24.3 Å². The highest BCUT2D eigenvalue weighted by molar-refractivity contribution is 8.00. The minimum atomic E-state index is -0.319. The summed E-state index contributed by atoms with van der Waals surface area (Å²) in [6.45, 7) is 3.76. The number of nitrogens with one attached hydrogen (secondary N) is 1. The molecule has 0 fully saturated rings. The van der Waals surface area contributed by atoms with Gasteiger partial charge in [0.1, 0.15) is 5.82 Å². The van der Waals surface area contributed by atoms with Crippen LogP contribution in [0.4, 0.5) is 0 Å². The van der Waals surface area contributed by atoms with Crippen LogP contribution in [0.1, 0.15) is 23.1 Å². The molecule has 0 saturated heterocycles. The highest BCUT2D eigenvalue weighted by atomic mass is 32.2. The van der Waals surface area contributed by atoms with Gasteiger partial charge in [-0.2, -0.15) is 4.52 Å². The fourth-order valence-corrected chi connectivity index (χ4v) is 4.34. The molecule has 0 unspecified atom stereocenters. The summed E-state index contributed by atoms with van der Waals surface area (Å²) in [5, 5.41) is 6.72. The summed E-state index contributed by atoms with van der Waals surface area (Å²) in [6, 6.07) is 15.7. The standard InChI is InChI=1S/C21H17N5OS/c1-12(19(27)16-11-22-17-9-5-3-7-14(16)17)28-21-24-18-10-6-4-8-15(18)20-23-13(2)25-26(20)21/h3-12,22H,1-2H3/t12-/m1/s1. The summed E-state index contributed by atoms with van der Waals surface area (Å²) in [4.78, 5) is 25.6. The molecule has 0 saturated carbocycles.